The first kappa shape index (κ1) is 11.7. The zero-order valence-electron chi connectivity index (χ0n) is 10.8. The van der Waals surface area contributed by atoms with Crippen LogP contribution in [0.4, 0.5) is 0 Å². The van der Waals surface area contributed by atoms with Crippen LogP contribution in [0.25, 0.3) is 0 Å². The van der Waals surface area contributed by atoms with E-state index in [-0.39, 0.29) is 11.5 Å². The van der Waals surface area contributed by atoms with Crippen LogP contribution in [0.5, 0.6) is 0 Å². The van der Waals surface area contributed by atoms with Gasteiger partial charge in [-0.2, -0.15) is 0 Å². The molecule has 1 amide bonds. The molecule has 0 radical (unpaired) electrons. The summed E-state index contributed by atoms with van der Waals surface area (Å²) < 4.78 is 5.41. The van der Waals surface area contributed by atoms with E-state index in [0.717, 1.165) is 19.4 Å². The lowest BCUT2D eigenvalue weighted by Crippen LogP contribution is -2.50. The van der Waals surface area contributed by atoms with Crippen molar-refractivity contribution in [1.82, 2.24) is 4.90 Å². The van der Waals surface area contributed by atoms with E-state index < -0.39 is 0 Å². The summed E-state index contributed by atoms with van der Waals surface area (Å²) in [5.41, 5.74) is 0.945. The van der Waals surface area contributed by atoms with Crippen molar-refractivity contribution in [2.24, 2.45) is 0 Å². The van der Waals surface area contributed by atoms with Crippen molar-refractivity contribution >= 4 is 5.91 Å². The minimum absolute atomic E-state index is 0.201. The maximum absolute atomic E-state index is 12.8. The monoisotopic (exact) mass is 245 g/mol. The van der Waals surface area contributed by atoms with Gasteiger partial charge >= 0.3 is 0 Å². The first-order valence-corrected chi connectivity index (χ1v) is 6.68. The predicted molar refractivity (Wildman–Crippen MR) is 69.3 cm³/mol. The molecule has 2 aliphatic rings. The lowest BCUT2D eigenvalue weighted by molar-refractivity contribution is -0.141. The summed E-state index contributed by atoms with van der Waals surface area (Å²) in [6.07, 6.45) is 1.97. The number of amides is 1. The second-order valence-electron chi connectivity index (χ2n) is 5.37. The zero-order valence-corrected chi connectivity index (χ0v) is 10.8. The molecule has 18 heavy (non-hydrogen) atoms. The van der Waals surface area contributed by atoms with Gasteiger partial charge < -0.3 is 9.64 Å². The van der Waals surface area contributed by atoms with E-state index >= 15 is 0 Å². The van der Waals surface area contributed by atoms with Gasteiger partial charge in [-0.25, -0.2) is 0 Å². The number of morpholine rings is 1. The third kappa shape index (κ3) is 1.83. The Balaban J connectivity index is 1.84. The lowest BCUT2D eigenvalue weighted by atomic mass is 9.93. The maximum atomic E-state index is 12.8. The quantitative estimate of drug-likeness (QED) is 0.797. The van der Waals surface area contributed by atoms with Gasteiger partial charge in [-0.1, -0.05) is 30.3 Å². The molecule has 3 heteroatoms. The summed E-state index contributed by atoms with van der Waals surface area (Å²) in [6.45, 7) is 4.13. The summed E-state index contributed by atoms with van der Waals surface area (Å²) in [6, 6.07) is 10.4. The molecular weight excluding hydrogens is 226 g/mol. The smallest absolute Gasteiger partial charge is 0.233 e. The molecule has 1 aliphatic heterocycles. The van der Waals surface area contributed by atoms with Crippen molar-refractivity contribution < 1.29 is 9.53 Å². The molecule has 2 fully saturated rings. The molecule has 1 atom stereocenters. The third-order valence-electron chi connectivity index (χ3n) is 4.11. The van der Waals surface area contributed by atoms with Crippen molar-refractivity contribution in [3.05, 3.63) is 35.9 Å². The summed E-state index contributed by atoms with van der Waals surface area (Å²) in [7, 11) is 0. The maximum Gasteiger partial charge on any atom is 0.233 e. The van der Waals surface area contributed by atoms with E-state index in [4.69, 9.17) is 4.74 Å². The number of hydrogen-bond acceptors (Lipinski definition) is 2. The topological polar surface area (TPSA) is 29.5 Å². The number of hydrogen-bond donors (Lipinski definition) is 0. The van der Waals surface area contributed by atoms with E-state index in [0.29, 0.717) is 19.1 Å². The Morgan fingerprint density at radius 2 is 2.06 bits per heavy atom. The summed E-state index contributed by atoms with van der Waals surface area (Å²) in [5, 5.41) is 0. The second-order valence-corrected chi connectivity index (χ2v) is 5.37. The Labute approximate surface area is 108 Å². The molecule has 3 nitrogen and oxygen atoms in total. The molecule has 1 aromatic rings. The van der Waals surface area contributed by atoms with Crippen LogP contribution in [0, 0.1) is 0 Å². The molecule has 0 aromatic heterocycles. The first-order valence-electron chi connectivity index (χ1n) is 6.68. The van der Waals surface area contributed by atoms with E-state index in [1.54, 1.807) is 0 Å². The van der Waals surface area contributed by atoms with Crippen LogP contribution in [0.1, 0.15) is 25.3 Å². The Morgan fingerprint density at radius 3 is 2.67 bits per heavy atom. The normalized spacial score (nSPS) is 25.8. The van der Waals surface area contributed by atoms with Gasteiger partial charge in [-0.05, 0) is 25.3 Å². The number of nitrogens with zero attached hydrogens (tertiary/aromatic N) is 1. The van der Waals surface area contributed by atoms with E-state index in [9.17, 15) is 4.79 Å². The van der Waals surface area contributed by atoms with Crippen molar-refractivity contribution in [3.63, 3.8) is 0 Å². The molecule has 1 heterocycles. The molecule has 1 saturated carbocycles. The summed E-state index contributed by atoms with van der Waals surface area (Å²) in [5.74, 6) is 0.296. The Morgan fingerprint density at radius 1 is 1.33 bits per heavy atom. The predicted octanol–water partition coefficient (Wildman–Crippen LogP) is 1.97. The molecule has 1 aromatic carbocycles. The molecule has 0 spiro atoms. The van der Waals surface area contributed by atoms with Crippen molar-refractivity contribution in [2.45, 2.75) is 31.2 Å². The van der Waals surface area contributed by atoms with Crippen molar-refractivity contribution in [1.29, 1.82) is 0 Å². The lowest BCUT2D eigenvalue weighted by Gasteiger charge is -2.36. The van der Waals surface area contributed by atoms with Gasteiger partial charge in [0.2, 0.25) is 5.91 Å². The van der Waals surface area contributed by atoms with Crippen LogP contribution in [-0.4, -0.2) is 36.6 Å². The minimum Gasteiger partial charge on any atom is -0.377 e. The van der Waals surface area contributed by atoms with Crippen LogP contribution < -0.4 is 0 Å². The van der Waals surface area contributed by atoms with E-state index in [2.05, 4.69) is 19.1 Å². The van der Waals surface area contributed by atoms with E-state index in [1.165, 1.54) is 5.56 Å². The van der Waals surface area contributed by atoms with Crippen LogP contribution in [0.2, 0.25) is 0 Å². The first-order chi connectivity index (χ1) is 8.74. The van der Waals surface area contributed by atoms with Gasteiger partial charge in [0.15, 0.2) is 0 Å². The Kier molecular flexibility index (Phi) is 2.86. The van der Waals surface area contributed by atoms with Gasteiger partial charge in [0.1, 0.15) is 0 Å². The zero-order chi connectivity index (χ0) is 12.6. The standard InChI is InChI=1S/C15H19NO2/c1-12-11-18-10-9-16(12)14(17)15(7-8-15)13-5-3-2-4-6-13/h2-6,12H,7-11H2,1H3/t12-/m0/s1. The third-order valence-corrected chi connectivity index (χ3v) is 4.11. The average Bonchev–Trinajstić information content (AvgIpc) is 3.21. The fraction of sp³-hybridized carbons (Fsp3) is 0.533. The molecule has 1 aliphatic carbocycles. The molecule has 0 bridgehead atoms. The fourth-order valence-electron chi connectivity index (χ4n) is 2.81. The second kappa shape index (κ2) is 4.39. The Bertz CT molecular complexity index is 439. The molecule has 0 N–H and O–H groups in total. The highest BCUT2D eigenvalue weighted by Crippen LogP contribution is 2.49. The van der Waals surface area contributed by atoms with Gasteiger partial charge in [-0.15, -0.1) is 0 Å². The average molecular weight is 245 g/mol. The van der Waals surface area contributed by atoms with Crippen LogP contribution in [0.3, 0.4) is 0 Å². The number of benzene rings is 1. The van der Waals surface area contributed by atoms with E-state index in [1.807, 2.05) is 23.1 Å². The SMILES string of the molecule is C[C@H]1COCCN1C(=O)C1(c2ccccc2)CC1. The molecular formula is C15H19NO2. The minimum atomic E-state index is -0.229. The molecule has 3 rings (SSSR count). The highest BCUT2D eigenvalue weighted by atomic mass is 16.5. The fourth-order valence-corrected chi connectivity index (χ4v) is 2.81. The largest absolute Gasteiger partial charge is 0.377 e. The van der Waals surface area contributed by atoms with Crippen molar-refractivity contribution in [2.75, 3.05) is 19.8 Å². The Hall–Kier alpha value is -1.35. The molecule has 0 unspecified atom stereocenters. The van der Waals surface area contributed by atoms with Gasteiger partial charge in [0.25, 0.3) is 0 Å². The van der Waals surface area contributed by atoms with Gasteiger partial charge in [0.05, 0.1) is 24.7 Å². The van der Waals surface area contributed by atoms with Gasteiger partial charge in [-0.3, -0.25) is 4.79 Å². The van der Waals surface area contributed by atoms with Crippen molar-refractivity contribution in [3.8, 4) is 0 Å². The van der Waals surface area contributed by atoms with Crippen LogP contribution >= 0.6 is 0 Å². The number of carbonyl (C=O) groups excluding carboxylic acids is 1. The van der Waals surface area contributed by atoms with Gasteiger partial charge in [0, 0.05) is 6.54 Å². The van der Waals surface area contributed by atoms with Crippen LogP contribution in [0.15, 0.2) is 30.3 Å². The molecule has 96 valence electrons. The highest BCUT2D eigenvalue weighted by molar-refractivity contribution is 5.91. The summed E-state index contributed by atoms with van der Waals surface area (Å²) >= 11 is 0. The number of rotatable bonds is 2. The number of carbonyl (C=O) groups is 1. The molecule has 1 saturated heterocycles. The number of ether oxygens (including phenoxy) is 1. The highest BCUT2D eigenvalue weighted by Gasteiger charge is 2.53. The van der Waals surface area contributed by atoms with Crippen LogP contribution in [-0.2, 0) is 14.9 Å². The summed E-state index contributed by atoms with van der Waals surface area (Å²) in [4.78, 5) is 14.8.